The summed E-state index contributed by atoms with van der Waals surface area (Å²) in [5.74, 6) is 1.83. The molecule has 100 valence electrons. The van der Waals surface area contributed by atoms with Gasteiger partial charge in [-0.1, -0.05) is 41.4 Å². The van der Waals surface area contributed by atoms with Gasteiger partial charge in [0.05, 0.1) is 11.1 Å². The Morgan fingerprint density at radius 3 is 2.56 bits per heavy atom. The Bertz CT molecular complexity index is 442. The molecule has 0 unspecified atom stereocenters. The van der Waals surface area contributed by atoms with Crippen LogP contribution in [-0.2, 0) is 0 Å². The third kappa shape index (κ3) is 4.29. The second-order valence-corrected chi connectivity index (χ2v) is 6.28. The average molecular weight is 397 g/mol. The molecule has 0 aliphatic carbocycles. The molecule has 0 spiro atoms. The van der Waals surface area contributed by atoms with Crippen LogP contribution in [-0.4, -0.2) is 12.5 Å². The molecule has 0 bridgehead atoms. The fourth-order valence-corrected chi connectivity index (χ4v) is 3.30. The SMILES string of the molecule is CCOc1c(Br)cc(Br)cc1C=C(CCl)C(C)C. The number of rotatable bonds is 5. The molecule has 0 radical (unpaired) electrons. The van der Waals surface area contributed by atoms with Crippen LogP contribution < -0.4 is 4.74 Å². The molecule has 0 saturated carbocycles. The minimum atomic E-state index is 0.426. The van der Waals surface area contributed by atoms with E-state index in [-0.39, 0.29) is 0 Å². The van der Waals surface area contributed by atoms with E-state index in [1.165, 1.54) is 5.57 Å². The summed E-state index contributed by atoms with van der Waals surface area (Å²) in [7, 11) is 0. The zero-order chi connectivity index (χ0) is 13.7. The summed E-state index contributed by atoms with van der Waals surface area (Å²) in [5.41, 5.74) is 2.24. The molecule has 0 aliphatic rings. The van der Waals surface area contributed by atoms with Gasteiger partial charge in [0.25, 0.3) is 0 Å². The van der Waals surface area contributed by atoms with E-state index in [1.807, 2.05) is 19.1 Å². The van der Waals surface area contributed by atoms with Crippen LogP contribution in [0.15, 0.2) is 26.7 Å². The molecule has 18 heavy (non-hydrogen) atoms. The highest BCUT2D eigenvalue weighted by molar-refractivity contribution is 9.11. The third-order valence-corrected chi connectivity index (χ3v) is 3.92. The van der Waals surface area contributed by atoms with Crippen LogP contribution in [0.2, 0.25) is 0 Å². The van der Waals surface area contributed by atoms with E-state index in [1.54, 1.807) is 0 Å². The third-order valence-electron chi connectivity index (χ3n) is 2.56. The Hall–Kier alpha value is 0.01000. The molecule has 0 fully saturated rings. The van der Waals surface area contributed by atoms with Crippen LogP contribution in [0.3, 0.4) is 0 Å². The van der Waals surface area contributed by atoms with Crippen LogP contribution >= 0.6 is 43.5 Å². The molecule has 0 amide bonds. The van der Waals surface area contributed by atoms with Gasteiger partial charge < -0.3 is 4.74 Å². The maximum absolute atomic E-state index is 5.99. The lowest BCUT2D eigenvalue weighted by molar-refractivity contribution is 0.337. The highest BCUT2D eigenvalue weighted by atomic mass is 79.9. The van der Waals surface area contributed by atoms with E-state index in [9.17, 15) is 0 Å². The lowest BCUT2D eigenvalue weighted by Gasteiger charge is -2.13. The molecule has 4 heteroatoms. The fraction of sp³-hybridized carbons (Fsp3) is 0.429. The lowest BCUT2D eigenvalue weighted by atomic mass is 10.0. The smallest absolute Gasteiger partial charge is 0.140 e. The van der Waals surface area contributed by atoms with Gasteiger partial charge in [0.2, 0.25) is 0 Å². The minimum absolute atomic E-state index is 0.426. The number of benzene rings is 1. The Labute approximate surface area is 131 Å². The second-order valence-electron chi connectivity index (χ2n) is 4.25. The molecule has 0 atom stereocenters. The monoisotopic (exact) mass is 394 g/mol. The number of hydrogen-bond acceptors (Lipinski definition) is 1. The number of halogens is 3. The van der Waals surface area contributed by atoms with E-state index >= 15 is 0 Å². The first kappa shape index (κ1) is 16.1. The van der Waals surface area contributed by atoms with Crippen molar-refractivity contribution in [1.82, 2.24) is 0 Å². The summed E-state index contributed by atoms with van der Waals surface area (Å²) >= 11 is 13.0. The van der Waals surface area contributed by atoms with Gasteiger partial charge in [-0.15, -0.1) is 11.6 Å². The first-order valence-electron chi connectivity index (χ1n) is 5.87. The zero-order valence-corrected chi connectivity index (χ0v) is 14.7. The van der Waals surface area contributed by atoms with Crippen molar-refractivity contribution in [3.63, 3.8) is 0 Å². The van der Waals surface area contributed by atoms with Crippen molar-refractivity contribution >= 4 is 49.5 Å². The van der Waals surface area contributed by atoms with E-state index in [0.717, 1.165) is 20.3 Å². The number of hydrogen-bond donors (Lipinski definition) is 0. The topological polar surface area (TPSA) is 9.23 Å². The van der Waals surface area contributed by atoms with Crippen molar-refractivity contribution < 1.29 is 4.74 Å². The Morgan fingerprint density at radius 1 is 1.39 bits per heavy atom. The lowest BCUT2D eigenvalue weighted by Crippen LogP contribution is -1.99. The van der Waals surface area contributed by atoms with E-state index in [0.29, 0.717) is 18.4 Å². The first-order chi connectivity index (χ1) is 8.49. The van der Waals surface area contributed by atoms with Crippen LogP contribution in [0.25, 0.3) is 6.08 Å². The molecule has 0 aliphatic heterocycles. The molecular formula is C14H17Br2ClO. The second kappa shape index (κ2) is 7.56. The van der Waals surface area contributed by atoms with Crippen molar-refractivity contribution in [3.05, 3.63) is 32.2 Å². The number of ether oxygens (including phenoxy) is 1. The van der Waals surface area contributed by atoms with Gasteiger partial charge in [-0.25, -0.2) is 0 Å². The molecule has 1 aromatic rings. The molecule has 1 aromatic carbocycles. The quantitative estimate of drug-likeness (QED) is 0.564. The predicted molar refractivity (Wildman–Crippen MR) is 86.5 cm³/mol. The van der Waals surface area contributed by atoms with E-state index in [2.05, 4.69) is 51.8 Å². The fourth-order valence-electron chi connectivity index (χ4n) is 1.54. The summed E-state index contributed by atoms with van der Waals surface area (Å²) < 4.78 is 7.65. The highest BCUT2D eigenvalue weighted by Gasteiger charge is 2.10. The van der Waals surface area contributed by atoms with Gasteiger partial charge in [0, 0.05) is 15.9 Å². The van der Waals surface area contributed by atoms with E-state index < -0.39 is 0 Å². The van der Waals surface area contributed by atoms with Crippen molar-refractivity contribution in [1.29, 1.82) is 0 Å². The number of allylic oxidation sites excluding steroid dienone is 1. The molecule has 1 nitrogen and oxygen atoms in total. The van der Waals surface area contributed by atoms with Gasteiger partial charge in [-0.3, -0.25) is 0 Å². The number of alkyl halides is 1. The first-order valence-corrected chi connectivity index (χ1v) is 7.99. The van der Waals surface area contributed by atoms with E-state index in [4.69, 9.17) is 16.3 Å². The van der Waals surface area contributed by atoms with Gasteiger partial charge in [-0.05, 0) is 40.9 Å². The highest BCUT2D eigenvalue weighted by Crippen LogP contribution is 2.35. The van der Waals surface area contributed by atoms with Crippen LogP contribution in [0.5, 0.6) is 5.75 Å². The summed E-state index contributed by atoms with van der Waals surface area (Å²) in [4.78, 5) is 0. The molecule has 0 saturated heterocycles. The summed E-state index contributed by atoms with van der Waals surface area (Å²) in [6.07, 6.45) is 2.11. The van der Waals surface area contributed by atoms with Crippen molar-refractivity contribution in [2.45, 2.75) is 20.8 Å². The normalized spacial score (nSPS) is 12.1. The molecule has 0 aromatic heterocycles. The Balaban J connectivity index is 3.29. The van der Waals surface area contributed by atoms with Crippen LogP contribution in [0.1, 0.15) is 26.3 Å². The summed E-state index contributed by atoms with van der Waals surface area (Å²) in [6.45, 7) is 6.90. The Kier molecular flexibility index (Phi) is 6.75. The maximum Gasteiger partial charge on any atom is 0.140 e. The zero-order valence-electron chi connectivity index (χ0n) is 10.8. The van der Waals surface area contributed by atoms with Gasteiger partial charge in [-0.2, -0.15) is 0 Å². The molecule has 0 heterocycles. The molecular weight excluding hydrogens is 379 g/mol. The van der Waals surface area contributed by atoms with Gasteiger partial charge in [0.1, 0.15) is 5.75 Å². The largest absolute Gasteiger partial charge is 0.492 e. The molecule has 1 rings (SSSR count). The predicted octanol–water partition coefficient (Wildman–Crippen LogP) is 5.89. The summed E-state index contributed by atoms with van der Waals surface area (Å²) in [6, 6.07) is 4.03. The van der Waals surface area contributed by atoms with Crippen LogP contribution in [0, 0.1) is 5.92 Å². The molecule has 0 N–H and O–H groups in total. The van der Waals surface area contributed by atoms with Gasteiger partial charge in [0.15, 0.2) is 0 Å². The van der Waals surface area contributed by atoms with Gasteiger partial charge >= 0.3 is 0 Å². The minimum Gasteiger partial charge on any atom is -0.492 e. The summed E-state index contributed by atoms with van der Waals surface area (Å²) in [5, 5.41) is 0. The standard InChI is InChI=1S/C14H17Br2ClO/c1-4-18-14-10(5-11(8-17)9(2)3)6-12(15)7-13(14)16/h5-7,9H,4,8H2,1-3H3. The average Bonchev–Trinajstić information content (AvgIpc) is 2.29. The van der Waals surface area contributed by atoms with Crippen molar-refractivity contribution in [3.8, 4) is 5.75 Å². The Morgan fingerprint density at radius 2 is 2.06 bits per heavy atom. The van der Waals surface area contributed by atoms with Crippen LogP contribution in [0.4, 0.5) is 0 Å². The van der Waals surface area contributed by atoms with Crippen molar-refractivity contribution in [2.75, 3.05) is 12.5 Å². The maximum atomic E-state index is 5.99. The van der Waals surface area contributed by atoms with Crippen molar-refractivity contribution in [2.24, 2.45) is 5.92 Å².